The summed E-state index contributed by atoms with van der Waals surface area (Å²) in [6, 6.07) is 9.02. The lowest BCUT2D eigenvalue weighted by atomic mass is 10.1. The normalized spacial score (nSPS) is 10.5. The third-order valence-corrected chi connectivity index (χ3v) is 3.04. The number of benzene rings is 1. The predicted octanol–water partition coefficient (Wildman–Crippen LogP) is 2.85. The number of anilines is 1. The van der Waals surface area contributed by atoms with Crippen molar-refractivity contribution in [3.63, 3.8) is 0 Å². The number of amides is 2. The molecule has 21 heavy (non-hydrogen) atoms. The van der Waals surface area contributed by atoms with Gasteiger partial charge in [-0.25, -0.2) is 4.79 Å². The maximum Gasteiger partial charge on any atom is 0.319 e. The summed E-state index contributed by atoms with van der Waals surface area (Å²) in [4.78, 5) is 15.7. The molecule has 2 N–H and O–H groups in total. The van der Waals surface area contributed by atoms with E-state index in [1.54, 1.807) is 24.5 Å². The molecule has 106 valence electrons. The second kappa shape index (κ2) is 5.62. The second-order valence-corrected chi connectivity index (χ2v) is 4.68. The van der Waals surface area contributed by atoms with Gasteiger partial charge in [0.15, 0.2) is 5.58 Å². The Labute approximate surface area is 121 Å². The molecule has 3 rings (SSSR count). The first kappa shape index (κ1) is 13.1. The molecule has 0 spiro atoms. The summed E-state index contributed by atoms with van der Waals surface area (Å²) < 4.78 is 5.22. The van der Waals surface area contributed by atoms with Crippen LogP contribution in [0.4, 0.5) is 10.5 Å². The van der Waals surface area contributed by atoms with Gasteiger partial charge in [0.25, 0.3) is 0 Å². The number of aryl methyl sites for hydroxylation is 1. The smallest absolute Gasteiger partial charge is 0.319 e. The van der Waals surface area contributed by atoms with Crippen LogP contribution in [0.5, 0.6) is 0 Å². The van der Waals surface area contributed by atoms with Gasteiger partial charge < -0.3 is 15.2 Å². The van der Waals surface area contributed by atoms with Gasteiger partial charge in [-0.3, -0.25) is 4.98 Å². The largest absolute Gasteiger partial charge is 0.356 e. The Morgan fingerprint density at radius 3 is 3.05 bits per heavy atom. The number of pyridine rings is 1. The zero-order valence-corrected chi connectivity index (χ0v) is 11.5. The summed E-state index contributed by atoms with van der Waals surface area (Å²) >= 11 is 0. The van der Waals surface area contributed by atoms with Crippen molar-refractivity contribution in [1.29, 1.82) is 0 Å². The van der Waals surface area contributed by atoms with Crippen molar-refractivity contribution in [2.45, 2.75) is 13.5 Å². The minimum Gasteiger partial charge on any atom is -0.356 e. The van der Waals surface area contributed by atoms with E-state index in [9.17, 15) is 4.79 Å². The van der Waals surface area contributed by atoms with E-state index in [0.29, 0.717) is 23.5 Å². The summed E-state index contributed by atoms with van der Waals surface area (Å²) in [6.07, 6.45) is 3.22. The number of hydrogen-bond donors (Lipinski definition) is 2. The molecule has 3 aromatic rings. The molecule has 2 heterocycles. The fraction of sp³-hybridized carbons (Fsp3) is 0.133. The van der Waals surface area contributed by atoms with Crippen LogP contribution in [0.1, 0.15) is 11.3 Å². The van der Waals surface area contributed by atoms with Gasteiger partial charge in [0, 0.05) is 11.6 Å². The Kier molecular flexibility index (Phi) is 3.51. The van der Waals surface area contributed by atoms with Gasteiger partial charge in [0.2, 0.25) is 0 Å². The van der Waals surface area contributed by atoms with Crippen molar-refractivity contribution in [2.75, 3.05) is 5.32 Å². The summed E-state index contributed by atoms with van der Waals surface area (Å²) in [5.74, 6) is 0. The zero-order valence-electron chi connectivity index (χ0n) is 11.5. The lowest BCUT2D eigenvalue weighted by Gasteiger charge is -2.05. The van der Waals surface area contributed by atoms with E-state index in [4.69, 9.17) is 4.52 Å². The van der Waals surface area contributed by atoms with Crippen LogP contribution in [0, 0.1) is 6.92 Å². The van der Waals surface area contributed by atoms with Crippen LogP contribution < -0.4 is 10.6 Å². The van der Waals surface area contributed by atoms with Crippen molar-refractivity contribution >= 4 is 22.7 Å². The van der Waals surface area contributed by atoms with Gasteiger partial charge in [-0.2, -0.15) is 0 Å². The number of fused-ring (bicyclic) bond motifs is 1. The van der Waals surface area contributed by atoms with Gasteiger partial charge in [-0.05, 0) is 31.2 Å². The van der Waals surface area contributed by atoms with Gasteiger partial charge in [-0.1, -0.05) is 16.8 Å². The molecule has 1 aromatic carbocycles. The summed E-state index contributed by atoms with van der Waals surface area (Å²) in [5.41, 5.74) is 3.17. The SMILES string of the molecule is Cc1ccc2onc(CNC(=O)Nc3cccnc3)c2c1. The number of carbonyl (C=O) groups excluding carboxylic acids is 1. The number of rotatable bonds is 3. The van der Waals surface area contributed by atoms with E-state index in [-0.39, 0.29) is 6.03 Å². The Morgan fingerprint density at radius 2 is 2.24 bits per heavy atom. The average Bonchev–Trinajstić information content (AvgIpc) is 2.88. The Balaban J connectivity index is 1.66. The van der Waals surface area contributed by atoms with Crippen LogP contribution in [0.25, 0.3) is 11.0 Å². The van der Waals surface area contributed by atoms with Crippen molar-refractivity contribution in [3.8, 4) is 0 Å². The van der Waals surface area contributed by atoms with E-state index in [2.05, 4.69) is 20.8 Å². The molecule has 2 aromatic heterocycles. The fourth-order valence-electron chi connectivity index (χ4n) is 2.01. The molecule has 0 aliphatic heterocycles. The van der Waals surface area contributed by atoms with Crippen LogP contribution in [0.2, 0.25) is 0 Å². The molecule has 6 nitrogen and oxygen atoms in total. The van der Waals surface area contributed by atoms with Crippen molar-refractivity contribution < 1.29 is 9.32 Å². The maximum absolute atomic E-state index is 11.8. The Morgan fingerprint density at radius 1 is 1.33 bits per heavy atom. The quantitative estimate of drug-likeness (QED) is 0.774. The van der Waals surface area contributed by atoms with Gasteiger partial charge in [-0.15, -0.1) is 0 Å². The summed E-state index contributed by atoms with van der Waals surface area (Å²) in [7, 11) is 0. The Bertz CT molecular complexity index is 768. The van der Waals surface area contributed by atoms with Gasteiger partial charge >= 0.3 is 6.03 Å². The van der Waals surface area contributed by atoms with E-state index >= 15 is 0 Å². The van der Waals surface area contributed by atoms with Crippen LogP contribution in [-0.4, -0.2) is 16.2 Å². The predicted molar refractivity (Wildman–Crippen MR) is 78.8 cm³/mol. The highest BCUT2D eigenvalue weighted by molar-refractivity contribution is 5.89. The first-order valence-electron chi connectivity index (χ1n) is 6.52. The van der Waals surface area contributed by atoms with Crippen LogP contribution in [0.15, 0.2) is 47.2 Å². The molecular weight excluding hydrogens is 268 g/mol. The third-order valence-electron chi connectivity index (χ3n) is 3.04. The number of aromatic nitrogens is 2. The number of nitrogens with one attached hydrogen (secondary N) is 2. The van der Waals surface area contributed by atoms with E-state index < -0.39 is 0 Å². The molecule has 0 saturated carbocycles. The molecule has 0 aliphatic rings. The van der Waals surface area contributed by atoms with E-state index in [0.717, 1.165) is 10.9 Å². The molecular formula is C15H14N4O2. The lowest BCUT2D eigenvalue weighted by Crippen LogP contribution is -2.28. The monoisotopic (exact) mass is 282 g/mol. The third kappa shape index (κ3) is 3.00. The van der Waals surface area contributed by atoms with E-state index in [1.165, 1.54) is 0 Å². The topological polar surface area (TPSA) is 80.0 Å². The molecule has 0 atom stereocenters. The number of nitrogens with zero attached hydrogens (tertiary/aromatic N) is 2. The molecule has 0 unspecified atom stereocenters. The van der Waals surface area contributed by atoms with Crippen LogP contribution >= 0.6 is 0 Å². The minimum atomic E-state index is -0.313. The van der Waals surface area contributed by atoms with Crippen LogP contribution in [-0.2, 0) is 6.54 Å². The Hall–Kier alpha value is -2.89. The molecule has 0 fully saturated rings. The highest BCUT2D eigenvalue weighted by Gasteiger charge is 2.09. The second-order valence-electron chi connectivity index (χ2n) is 4.68. The molecule has 0 radical (unpaired) electrons. The lowest BCUT2D eigenvalue weighted by molar-refractivity contribution is 0.251. The van der Waals surface area contributed by atoms with Gasteiger partial charge in [0.05, 0.1) is 18.4 Å². The minimum absolute atomic E-state index is 0.294. The number of hydrogen-bond acceptors (Lipinski definition) is 4. The van der Waals surface area contributed by atoms with Crippen molar-refractivity contribution in [1.82, 2.24) is 15.5 Å². The molecule has 0 saturated heterocycles. The molecule has 2 amide bonds. The summed E-state index contributed by atoms with van der Waals surface area (Å²) in [5, 5.41) is 10.3. The average molecular weight is 282 g/mol. The highest BCUT2D eigenvalue weighted by atomic mass is 16.5. The summed E-state index contributed by atoms with van der Waals surface area (Å²) in [6.45, 7) is 2.29. The fourth-order valence-corrected chi connectivity index (χ4v) is 2.01. The first-order chi connectivity index (χ1) is 10.2. The molecule has 6 heteroatoms. The standard InChI is InChI=1S/C15H14N4O2/c1-10-4-5-14-12(7-10)13(19-21-14)9-17-15(20)18-11-3-2-6-16-8-11/h2-8H,9H2,1H3,(H2,17,18,20). The zero-order chi connectivity index (χ0) is 14.7. The van der Waals surface area contributed by atoms with E-state index in [1.807, 2.05) is 25.1 Å². The van der Waals surface area contributed by atoms with Crippen LogP contribution in [0.3, 0.4) is 0 Å². The maximum atomic E-state index is 11.8. The number of carbonyl (C=O) groups is 1. The molecule has 0 aliphatic carbocycles. The van der Waals surface area contributed by atoms with Crippen molar-refractivity contribution in [3.05, 3.63) is 54.0 Å². The molecule has 0 bridgehead atoms. The van der Waals surface area contributed by atoms with Gasteiger partial charge in [0.1, 0.15) is 5.69 Å². The van der Waals surface area contributed by atoms with Crippen molar-refractivity contribution in [2.24, 2.45) is 0 Å². The highest BCUT2D eigenvalue weighted by Crippen LogP contribution is 2.19. The first-order valence-corrected chi connectivity index (χ1v) is 6.52. The number of urea groups is 1.